The number of anilines is 1. The Kier molecular flexibility index (Phi) is 8.41. The van der Waals surface area contributed by atoms with Crippen LogP contribution in [0.25, 0.3) is 0 Å². The summed E-state index contributed by atoms with van der Waals surface area (Å²) in [6, 6.07) is 12.0. The summed E-state index contributed by atoms with van der Waals surface area (Å²) in [6.45, 7) is 1.22. The lowest BCUT2D eigenvalue weighted by molar-refractivity contribution is -0.138. The van der Waals surface area contributed by atoms with E-state index in [4.69, 9.17) is 11.6 Å². The highest BCUT2D eigenvalue weighted by Crippen LogP contribution is 2.24. The molecule has 0 aliphatic rings. The monoisotopic (exact) mass is 469 g/mol. The van der Waals surface area contributed by atoms with E-state index in [-0.39, 0.29) is 23.2 Å². The van der Waals surface area contributed by atoms with Crippen LogP contribution < -0.4 is 9.62 Å². The van der Waals surface area contributed by atoms with Crippen LogP contribution >= 0.6 is 11.6 Å². The fourth-order valence-corrected chi connectivity index (χ4v) is 4.05. The molecule has 0 saturated carbocycles. The van der Waals surface area contributed by atoms with E-state index in [9.17, 15) is 22.4 Å². The minimum atomic E-state index is -3.89. The summed E-state index contributed by atoms with van der Waals surface area (Å²) in [5.74, 6) is -1.65. The van der Waals surface area contributed by atoms with Crippen LogP contribution in [0.4, 0.5) is 10.1 Å². The van der Waals surface area contributed by atoms with E-state index in [1.165, 1.54) is 18.0 Å². The zero-order valence-electron chi connectivity index (χ0n) is 17.5. The van der Waals surface area contributed by atoms with Crippen molar-refractivity contribution in [2.24, 2.45) is 0 Å². The lowest BCUT2D eigenvalue weighted by Gasteiger charge is -2.31. The summed E-state index contributed by atoms with van der Waals surface area (Å²) in [6.07, 6.45) is 1.42. The molecule has 0 spiro atoms. The van der Waals surface area contributed by atoms with Crippen molar-refractivity contribution in [3.05, 3.63) is 64.9 Å². The maximum atomic E-state index is 13.5. The Morgan fingerprint density at radius 3 is 2.35 bits per heavy atom. The molecule has 0 aromatic heterocycles. The molecule has 2 rings (SSSR count). The molecule has 0 aliphatic heterocycles. The van der Waals surface area contributed by atoms with Crippen molar-refractivity contribution in [3.63, 3.8) is 0 Å². The molecule has 0 aliphatic carbocycles. The molecule has 2 aromatic carbocycles. The number of hydrogen-bond acceptors (Lipinski definition) is 4. The lowest BCUT2D eigenvalue weighted by Crippen LogP contribution is -2.51. The summed E-state index contributed by atoms with van der Waals surface area (Å²) in [5, 5.41) is 2.24. The van der Waals surface area contributed by atoms with Gasteiger partial charge in [-0.1, -0.05) is 41.9 Å². The number of likely N-dealkylation sites (N-methyl/N-ethyl adjacent to an activating group) is 1. The molecular weight excluding hydrogens is 445 g/mol. The minimum absolute atomic E-state index is 0.0536. The van der Waals surface area contributed by atoms with Crippen LogP contribution in [0.15, 0.2) is 48.5 Å². The fraction of sp³-hybridized carbons (Fsp3) is 0.333. The maximum absolute atomic E-state index is 13.5. The van der Waals surface area contributed by atoms with Crippen LogP contribution in [0.5, 0.6) is 0 Å². The number of carbonyl (C=O) groups excluding carboxylic acids is 2. The van der Waals surface area contributed by atoms with Gasteiger partial charge < -0.3 is 10.2 Å². The van der Waals surface area contributed by atoms with E-state index in [1.807, 2.05) is 30.3 Å². The first-order valence-electron chi connectivity index (χ1n) is 9.52. The normalized spacial score (nSPS) is 12.2. The van der Waals surface area contributed by atoms with Crippen LogP contribution in [0.1, 0.15) is 12.5 Å². The third-order valence-electron chi connectivity index (χ3n) is 4.77. The highest BCUT2D eigenvalue weighted by molar-refractivity contribution is 7.92. The van der Waals surface area contributed by atoms with Gasteiger partial charge in [0.15, 0.2) is 0 Å². The van der Waals surface area contributed by atoms with Gasteiger partial charge in [0.25, 0.3) is 0 Å². The largest absolute Gasteiger partial charge is 0.357 e. The number of sulfonamides is 1. The number of amides is 2. The van der Waals surface area contributed by atoms with Crippen LogP contribution in [0.2, 0.25) is 5.02 Å². The SMILES string of the molecule is CNC(=O)[C@@H](C)N(CCc1ccccc1)C(=O)CN(c1ccc(F)c(Cl)c1)S(C)(=O)=O. The third kappa shape index (κ3) is 6.67. The van der Waals surface area contributed by atoms with Crippen LogP contribution in [-0.4, -0.2) is 57.6 Å². The number of halogens is 2. The molecule has 168 valence electrons. The van der Waals surface area contributed by atoms with Gasteiger partial charge in [-0.15, -0.1) is 0 Å². The van der Waals surface area contributed by atoms with E-state index in [2.05, 4.69) is 5.32 Å². The first-order valence-corrected chi connectivity index (χ1v) is 11.7. The number of carbonyl (C=O) groups is 2. The molecule has 0 radical (unpaired) electrons. The molecule has 0 heterocycles. The average Bonchev–Trinajstić information content (AvgIpc) is 2.73. The highest BCUT2D eigenvalue weighted by atomic mass is 35.5. The van der Waals surface area contributed by atoms with E-state index >= 15 is 0 Å². The molecule has 31 heavy (non-hydrogen) atoms. The summed E-state index contributed by atoms with van der Waals surface area (Å²) < 4.78 is 39.1. The number of nitrogens with zero attached hydrogens (tertiary/aromatic N) is 2. The molecule has 7 nitrogen and oxygen atoms in total. The van der Waals surface area contributed by atoms with E-state index in [0.29, 0.717) is 6.42 Å². The van der Waals surface area contributed by atoms with E-state index in [0.717, 1.165) is 28.3 Å². The topological polar surface area (TPSA) is 86.8 Å². The summed E-state index contributed by atoms with van der Waals surface area (Å²) >= 11 is 5.79. The summed E-state index contributed by atoms with van der Waals surface area (Å²) in [7, 11) is -2.43. The van der Waals surface area contributed by atoms with Crippen molar-refractivity contribution in [1.82, 2.24) is 10.2 Å². The number of hydrogen-bond donors (Lipinski definition) is 1. The molecule has 0 saturated heterocycles. The Bertz CT molecular complexity index is 1030. The van der Waals surface area contributed by atoms with Gasteiger partial charge in [0.1, 0.15) is 18.4 Å². The maximum Gasteiger partial charge on any atom is 0.244 e. The van der Waals surface area contributed by atoms with E-state index in [1.54, 1.807) is 6.92 Å². The van der Waals surface area contributed by atoms with Crippen molar-refractivity contribution in [1.29, 1.82) is 0 Å². The lowest BCUT2D eigenvalue weighted by atomic mass is 10.1. The van der Waals surface area contributed by atoms with E-state index < -0.39 is 34.3 Å². The van der Waals surface area contributed by atoms with Gasteiger partial charge in [0.2, 0.25) is 21.8 Å². The first-order chi connectivity index (χ1) is 14.5. The van der Waals surface area contributed by atoms with Crippen LogP contribution in [0.3, 0.4) is 0 Å². The van der Waals surface area contributed by atoms with Gasteiger partial charge in [-0.3, -0.25) is 13.9 Å². The Morgan fingerprint density at radius 1 is 1.16 bits per heavy atom. The summed E-state index contributed by atoms with van der Waals surface area (Å²) in [4.78, 5) is 26.7. The van der Waals surface area contributed by atoms with Gasteiger partial charge in [-0.25, -0.2) is 12.8 Å². The second kappa shape index (κ2) is 10.6. The minimum Gasteiger partial charge on any atom is -0.357 e. The molecule has 2 amide bonds. The van der Waals surface area contributed by atoms with Crippen LogP contribution in [0, 0.1) is 5.82 Å². The second-order valence-corrected chi connectivity index (χ2v) is 9.30. The Balaban J connectivity index is 2.31. The Morgan fingerprint density at radius 2 is 1.81 bits per heavy atom. The smallest absolute Gasteiger partial charge is 0.244 e. The van der Waals surface area contributed by atoms with Crippen molar-refractivity contribution in [3.8, 4) is 0 Å². The third-order valence-corrected chi connectivity index (χ3v) is 6.20. The predicted octanol–water partition coefficient (Wildman–Crippen LogP) is 2.45. The van der Waals surface area contributed by atoms with Gasteiger partial charge in [0.05, 0.1) is 17.0 Å². The number of benzene rings is 2. The molecule has 10 heteroatoms. The first kappa shape index (κ1) is 24.6. The van der Waals surface area contributed by atoms with Gasteiger partial charge in [0, 0.05) is 13.6 Å². The summed E-state index contributed by atoms with van der Waals surface area (Å²) in [5.41, 5.74) is 1.02. The van der Waals surface area contributed by atoms with Gasteiger partial charge in [-0.05, 0) is 37.1 Å². The molecule has 2 aromatic rings. The Hall–Kier alpha value is -2.65. The molecule has 1 atom stereocenters. The van der Waals surface area contributed by atoms with Crippen molar-refractivity contribution in [2.75, 3.05) is 30.7 Å². The molecular formula is C21H25ClFN3O4S. The van der Waals surface area contributed by atoms with Crippen LogP contribution in [-0.2, 0) is 26.0 Å². The molecule has 0 fully saturated rings. The number of rotatable bonds is 9. The highest BCUT2D eigenvalue weighted by Gasteiger charge is 2.29. The molecule has 1 N–H and O–H groups in total. The Labute approximate surface area is 186 Å². The molecule has 0 unspecified atom stereocenters. The van der Waals surface area contributed by atoms with Gasteiger partial charge in [-0.2, -0.15) is 0 Å². The average molecular weight is 470 g/mol. The van der Waals surface area contributed by atoms with Crippen molar-refractivity contribution in [2.45, 2.75) is 19.4 Å². The zero-order valence-corrected chi connectivity index (χ0v) is 19.1. The second-order valence-electron chi connectivity index (χ2n) is 6.98. The predicted molar refractivity (Wildman–Crippen MR) is 119 cm³/mol. The zero-order chi connectivity index (χ0) is 23.2. The van der Waals surface area contributed by atoms with Gasteiger partial charge >= 0.3 is 0 Å². The van der Waals surface area contributed by atoms with Crippen molar-refractivity contribution < 1.29 is 22.4 Å². The molecule has 0 bridgehead atoms. The fourth-order valence-electron chi connectivity index (χ4n) is 3.03. The van der Waals surface area contributed by atoms with Crippen molar-refractivity contribution >= 4 is 39.1 Å². The number of nitrogens with one attached hydrogen (secondary N) is 1. The standard InChI is InChI=1S/C21H25ClFN3O4S/c1-15(21(28)24-2)25(12-11-16-7-5-4-6-8-16)20(27)14-26(31(3,29)30)17-9-10-19(23)18(22)13-17/h4-10,13,15H,11-12,14H2,1-3H3,(H,24,28)/t15-/m1/s1. The quantitative estimate of drug-likeness (QED) is 0.611.